The average molecular weight is 562 g/mol. The molecule has 6 rings (SSSR count). The number of aliphatic carboxylic acids is 4. The van der Waals surface area contributed by atoms with E-state index >= 15 is 0 Å². The van der Waals surface area contributed by atoms with Gasteiger partial charge >= 0.3 is 23.9 Å². The van der Waals surface area contributed by atoms with Crippen molar-refractivity contribution in [1.29, 1.82) is 0 Å². The van der Waals surface area contributed by atoms with Crippen molar-refractivity contribution in [3.8, 4) is 0 Å². The Morgan fingerprint density at radius 2 is 0.850 bits per heavy atom. The van der Waals surface area contributed by atoms with Gasteiger partial charge in [-0.15, -0.1) is 0 Å². The molecule has 0 bridgehead atoms. The van der Waals surface area contributed by atoms with E-state index in [2.05, 4.69) is 0 Å². The van der Waals surface area contributed by atoms with Crippen molar-refractivity contribution in [3.05, 3.63) is 0 Å². The van der Waals surface area contributed by atoms with Crippen LogP contribution in [0.5, 0.6) is 0 Å². The summed E-state index contributed by atoms with van der Waals surface area (Å²) >= 11 is 0. The van der Waals surface area contributed by atoms with Gasteiger partial charge in [0.15, 0.2) is 0 Å². The van der Waals surface area contributed by atoms with Crippen LogP contribution in [0.1, 0.15) is 20.8 Å². The van der Waals surface area contributed by atoms with Crippen LogP contribution < -0.4 is 0 Å². The van der Waals surface area contributed by atoms with Gasteiger partial charge in [0.05, 0.1) is 17.8 Å². The van der Waals surface area contributed by atoms with Crippen LogP contribution in [0.2, 0.25) is 0 Å². The lowest BCUT2D eigenvalue weighted by Gasteiger charge is -2.38. The molecule has 0 radical (unpaired) electrons. The minimum atomic E-state index is -1.41. The average Bonchev–Trinajstić information content (AvgIpc) is 3.76. The molecule has 40 heavy (non-hydrogen) atoms. The molecule has 0 aromatic heterocycles. The van der Waals surface area contributed by atoms with Gasteiger partial charge < -0.3 is 35.1 Å². The lowest BCUT2D eigenvalue weighted by Crippen LogP contribution is -2.59. The first-order valence-electron chi connectivity index (χ1n) is 13.4. The third-order valence-electron chi connectivity index (χ3n) is 10.1. The third kappa shape index (κ3) is 3.49. The zero-order valence-electron chi connectivity index (χ0n) is 22.0. The van der Waals surface area contributed by atoms with E-state index in [9.17, 15) is 54.0 Å². The molecule has 6 fully saturated rings. The molecule has 6 aliphatic rings. The molecule has 3 saturated carbocycles. The van der Waals surface area contributed by atoms with Crippen molar-refractivity contribution in [2.45, 2.75) is 38.9 Å². The van der Waals surface area contributed by atoms with Gasteiger partial charge in [-0.25, -0.2) is 4.79 Å². The van der Waals surface area contributed by atoms with Crippen LogP contribution in [0.15, 0.2) is 0 Å². The number of hydrogen-bond acceptors (Lipinski definition) is 7. The van der Waals surface area contributed by atoms with Gasteiger partial charge in [-0.05, 0) is 17.8 Å². The van der Waals surface area contributed by atoms with Crippen molar-refractivity contribution in [2.24, 2.45) is 58.7 Å². The summed E-state index contributed by atoms with van der Waals surface area (Å²) < 4.78 is 0. The fourth-order valence-corrected chi connectivity index (χ4v) is 8.22. The topological polar surface area (TPSA) is 210 Å². The first kappa shape index (κ1) is 26.5. The van der Waals surface area contributed by atoms with Gasteiger partial charge in [0.25, 0.3) is 0 Å². The SMILES string of the molecule is CC(C)(C)C(=O)N1C[C@@H]2[C@@H](C(=O)O)[C@@H]2[C@H]1C(=O)N1C[C@@H]2[C@@H](C(=O)O)[C@@H]2[C@H]1C(=O)N1C[C@@H]2[C@@H](C(=O)O)[C@@H]2[C@H]1C(=O)O. The Kier molecular flexibility index (Phi) is 5.41. The van der Waals surface area contributed by atoms with E-state index in [1.54, 1.807) is 20.8 Å². The number of rotatable bonds is 6. The largest absolute Gasteiger partial charge is 0.481 e. The van der Waals surface area contributed by atoms with E-state index in [1.165, 1.54) is 9.80 Å². The van der Waals surface area contributed by atoms with E-state index in [1.807, 2.05) is 0 Å². The normalized spacial score (nSPS) is 42.0. The number of carboxylic acid groups (broad SMARTS) is 4. The van der Waals surface area contributed by atoms with Gasteiger partial charge in [0.2, 0.25) is 17.7 Å². The summed E-state index contributed by atoms with van der Waals surface area (Å²) in [6.07, 6.45) is 0. The number of carbonyl (C=O) groups is 7. The maximum Gasteiger partial charge on any atom is 0.326 e. The minimum absolute atomic E-state index is 0.0817. The molecule has 216 valence electrons. The Hall–Kier alpha value is -3.71. The second kappa shape index (κ2) is 8.16. The van der Waals surface area contributed by atoms with Crippen LogP contribution in [0.25, 0.3) is 0 Å². The Bertz CT molecular complexity index is 1270. The van der Waals surface area contributed by atoms with Crippen molar-refractivity contribution in [3.63, 3.8) is 0 Å². The second-order valence-electron chi connectivity index (χ2n) is 13.2. The van der Waals surface area contributed by atoms with E-state index in [-0.39, 0.29) is 25.5 Å². The minimum Gasteiger partial charge on any atom is -0.481 e. The second-order valence-corrected chi connectivity index (χ2v) is 13.2. The number of nitrogens with zero attached hydrogens (tertiary/aromatic N) is 3. The van der Waals surface area contributed by atoms with Crippen LogP contribution in [0.3, 0.4) is 0 Å². The highest BCUT2D eigenvalue weighted by molar-refractivity contribution is 5.98. The summed E-state index contributed by atoms with van der Waals surface area (Å²) in [7, 11) is 0. The third-order valence-corrected chi connectivity index (χ3v) is 10.1. The zero-order valence-corrected chi connectivity index (χ0v) is 22.0. The number of carboxylic acids is 4. The Balaban J connectivity index is 1.31. The van der Waals surface area contributed by atoms with Crippen LogP contribution >= 0.6 is 0 Å². The number of fused-ring (bicyclic) bond motifs is 3. The number of hydrogen-bond donors (Lipinski definition) is 4. The van der Waals surface area contributed by atoms with Crippen LogP contribution in [0.4, 0.5) is 0 Å². The molecule has 3 heterocycles. The van der Waals surface area contributed by atoms with E-state index in [4.69, 9.17) is 0 Å². The van der Waals surface area contributed by atoms with Crippen LogP contribution in [-0.4, -0.2) is 114 Å². The molecule has 3 saturated heterocycles. The molecule has 12 atom stereocenters. The molecule has 0 spiro atoms. The zero-order chi connectivity index (χ0) is 29.3. The molecule has 0 aromatic carbocycles. The summed E-state index contributed by atoms with van der Waals surface area (Å²) in [6.45, 7) is 4.90. The van der Waals surface area contributed by atoms with Gasteiger partial charge in [0.1, 0.15) is 18.1 Å². The van der Waals surface area contributed by atoms with Crippen molar-refractivity contribution in [1.82, 2.24) is 14.7 Å². The van der Waals surface area contributed by atoms with Crippen molar-refractivity contribution in [2.75, 3.05) is 19.6 Å². The summed E-state index contributed by atoms with van der Waals surface area (Å²) in [6, 6.07) is -3.84. The number of carbonyl (C=O) groups excluding carboxylic acids is 3. The maximum absolute atomic E-state index is 14.1. The van der Waals surface area contributed by atoms with Crippen LogP contribution in [0, 0.1) is 58.7 Å². The smallest absolute Gasteiger partial charge is 0.326 e. The summed E-state index contributed by atoms with van der Waals surface area (Å²) in [5.74, 6) is -12.7. The summed E-state index contributed by atoms with van der Waals surface area (Å²) in [4.78, 5) is 92.3. The van der Waals surface area contributed by atoms with Gasteiger partial charge in [-0.1, -0.05) is 20.8 Å². The first-order valence-corrected chi connectivity index (χ1v) is 13.4. The maximum atomic E-state index is 14.1. The molecule has 0 aromatic rings. The van der Waals surface area contributed by atoms with E-state index in [0.717, 1.165) is 4.90 Å². The fraction of sp³-hybridized carbons (Fsp3) is 0.731. The lowest BCUT2D eigenvalue weighted by molar-refractivity contribution is -0.159. The summed E-state index contributed by atoms with van der Waals surface area (Å²) in [5.41, 5.74) is -0.864. The number of likely N-dealkylation sites (tertiary alicyclic amines) is 3. The molecular weight excluding hydrogens is 530 g/mol. The molecule has 14 nitrogen and oxygen atoms in total. The highest BCUT2D eigenvalue weighted by Crippen LogP contribution is 2.61. The van der Waals surface area contributed by atoms with Crippen LogP contribution in [-0.2, 0) is 33.6 Å². The number of amides is 3. The molecular formula is C26H31N3O11. The molecule has 0 unspecified atom stereocenters. The highest BCUT2D eigenvalue weighted by atomic mass is 16.4. The van der Waals surface area contributed by atoms with Gasteiger partial charge in [-0.2, -0.15) is 0 Å². The predicted molar refractivity (Wildman–Crippen MR) is 128 cm³/mol. The standard InChI is InChI=1S/C26H31N3O11/c1-26(2,3)25(40)29-6-9-11(14(9)22(34)35)17(29)20(31)27-4-7-10(13(7)21(32)33)16(27)19(30)28-5-8-12(15(8)23(36)37)18(28)24(38)39/h7-18H,4-6H2,1-3H3,(H,32,33)(H,34,35)(H,36,37)(H,38,39)/t7-,8-,9-,10+,11+,12+,13+,14+,15+,16-,17-,18-/m0/s1. The first-order chi connectivity index (χ1) is 18.6. The summed E-state index contributed by atoms with van der Waals surface area (Å²) in [5, 5.41) is 38.6. The number of piperidine rings is 3. The fourth-order valence-electron chi connectivity index (χ4n) is 8.22. The monoisotopic (exact) mass is 561 g/mol. The highest BCUT2D eigenvalue weighted by Gasteiger charge is 2.74. The van der Waals surface area contributed by atoms with Gasteiger partial charge in [-0.3, -0.25) is 28.8 Å². The lowest BCUT2D eigenvalue weighted by atomic mass is 9.93. The van der Waals surface area contributed by atoms with Crippen molar-refractivity contribution >= 4 is 41.6 Å². The molecule has 4 N–H and O–H groups in total. The quantitative estimate of drug-likeness (QED) is 0.296. The molecule has 3 amide bonds. The predicted octanol–water partition coefficient (Wildman–Crippen LogP) is -1.41. The molecule has 14 heteroatoms. The van der Waals surface area contributed by atoms with Gasteiger partial charge in [0, 0.05) is 42.8 Å². The van der Waals surface area contributed by atoms with Crippen molar-refractivity contribution < 1.29 is 54.0 Å². The van der Waals surface area contributed by atoms with E-state index < -0.39 is 112 Å². The Morgan fingerprint density at radius 1 is 0.525 bits per heavy atom. The Morgan fingerprint density at radius 3 is 1.20 bits per heavy atom. The Labute approximate surface area is 227 Å². The molecule has 3 aliphatic heterocycles. The van der Waals surface area contributed by atoms with E-state index in [0.29, 0.717) is 0 Å². The molecule has 3 aliphatic carbocycles.